The molecule has 0 saturated carbocycles. The standard InChI is InChI=1S/C22H32N4O2S.HI/c1-5-23-22(25-17-10-11-18(27-3)19(14-17)28-4)24-15-16-8-6-12-26(2)21(16)20-9-7-13-29-20;/h7,9-11,13-14,16,21H,5-6,8,12,15H2,1-4H3,(H2,23,24,25);1H. The molecule has 8 heteroatoms. The molecule has 6 nitrogen and oxygen atoms in total. The maximum atomic E-state index is 5.41. The van der Waals surface area contributed by atoms with Crippen molar-refractivity contribution in [1.29, 1.82) is 0 Å². The Kier molecular flexibility index (Phi) is 10.2. The molecule has 30 heavy (non-hydrogen) atoms. The second-order valence-electron chi connectivity index (χ2n) is 7.26. The minimum Gasteiger partial charge on any atom is -0.493 e. The van der Waals surface area contributed by atoms with E-state index in [4.69, 9.17) is 14.5 Å². The Balaban J connectivity index is 0.00000320. The van der Waals surface area contributed by atoms with Gasteiger partial charge >= 0.3 is 0 Å². The van der Waals surface area contributed by atoms with Crippen molar-refractivity contribution in [2.24, 2.45) is 10.9 Å². The van der Waals surface area contributed by atoms with Crippen molar-refractivity contribution in [3.05, 3.63) is 40.6 Å². The molecule has 0 bridgehead atoms. The maximum Gasteiger partial charge on any atom is 0.195 e. The number of anilines is 1. The lowest BCUT2D eigenvalue weighted by molar-refractivity contribution is 0.128. The average molecular weight is 545 g/mol. The Morgan fingerprint density at radius 2 is 2.03 bits per heavy atom. The summed E-state index contributed by atoms with van der Waals surface area (Å²) in [5.41, 5.74) is 0.915. The van der Waals surface area contributed by atoms with Gasteiger partial charge in [0.15, 0.2) is 17.5 Å². The zero-order chi connectivity index (χ0) is 20.6. The molecule has 2 heterocycles. The number of nitrogens with zero attached hydrogens (tertiary/aromatic N) is 2. The predicted molar refractivity (Wildman–Crippen MR) is 137 cm³/mol. The lowest BCUT2D eigenvalue weighted by atomic mass is 9.88. The Hall–Kier alpha value is -1.52. The number of thiophene rings is 1. The van der Waals surface area contributed by atoms with E-state index in [-0.39, 0.29) is 24.0 Å². The molecule has 2 aromatic rings. The van der Waals surface area contributed by atoms with Crippen LogP contribution in [-0.2, 0) is 0 Å². The number of hydrogen-bond acceptors (Lipinski definition) is 5. The molecular formula is C22H33IN4O2S. The molecule has 3 rings (SSSR count). The molecule has 0 radical (unpaired) electrons. The summed E-state index contributed by atoms with van der Waals surface area (Å²) in [5, 5.41) is 8.92. The van der Waals surface area contributed by atoms with Crippen LogP contribution in [0.3, 0.4) is 0 Å². The summed E-state index contributed by atoms with van der Waals surface area (Å²) in [6, 6.07) is 10.6. The lowest BCUT2D eigenvalue weighted by Crippen LogP contribution is -2.38. The molecule has 2 unspecified atom stereocenters. The number of hydrogen-bond donors (Lipinski definition) is 2. The van der Waals surface area contributed by atoms with E-state index in [0.29, 0.717) is 23.5 Å². The predicted octanol–water partition coefficient (Wildman–Crippen LogP) is 4.84. The second-order valence-corrected chi connectivity index (χ2v) is 8.24. The minimum absolute atomic E-state index is 0. The number of nitrogens with one attached hydrogen (secondary N) is 2. The van der Waals surface area contributed by atoms with Gasteiger partial charge in [0.1, 0.15) is 0 Å². The minimum atomic E-state index is 0. The molecular weight excluding hydrogens is 511 g/mol. The number of guanidine groups is 1. The van der Waals surface area contributed by atoms with Gasteiger partial charge in [0.2, 0.25) is 0 Å². The van der Waals surface area contributed by atoms with Crippen molar-refractivity contribution in [2.45, 2.75) is 25.8 Å². The number of halogens is 1. The largest absolute Gasteiger partial charge is 0.493 e. The normalized spacial score (nSPS) is 19.7. The molecule has 166 valence electrons. The average Bonchev–Trinajstić information content (AvgIpc) is 3.26. The van der Waals surface area contributed by atoms with Crippen LogP contribution in [0.4, 0.5) is 5.69 Å². The highest BCUT2D eigenvalue weighted by molar-refractivity contribution is 14.0. The van der Waals surface area contributed by atoms with E-state index in [2.05, 4.69) is 47.0 Å². The summed E-state index contributed by atoms with van der Waals surface area (Å²) < 4.78 is 10.7. The van der Waals surface area contributed by atoms with Crippen LogP contribution in [0.25, 0.3) is 0 Å². The first-order valence-electron chi connectivity index (χ1n) is 10.2. The SMILES string of the molecule is CCNC(=NCC1CCCN(C)C1c1cccs1)Nc1ccc(OC)c(OC)c1.I. The highest BCUT2D eigenvalue weighted by atomic mass is 127. The number of ether oxygens (including phenoxy) is 2. The fraction of sp³-hybridized carbons (Fsp3) is 0.500. The number of aliphatic imine (C=N–C) groups is 1. The van der Waals surface area contributed by atoms with Crippen LogP contribution in [0, 0.1) is 5.92 Å². The quantitative estimate of drug-likeness (QED) is 0.297. The first-order chi connectivity index (χ1) is 14.2. The third kappa shape index (κ3) is 6.24. The number of rotatable bonds is 7. The van der Waals surface area contributed by atoms with Gasteiger partial charge in [-0.2, -0.15) is 0 Å². The van der Waals surface area contributed by atoms with Gasteiger partial charge in [-0.15, -0.1) is 35.3 Å². The van der Waals surface area contributed by atoms with E-state index < -0.39 is 0 Å². The zero-order valence-electron chi connectivity index (χ0n) is 18.2. The van der Waals surface area contributed by atoms with Gasteiger partial charge < -0.3 is 20.1 Å². The number of piperidine rings is 1. The summed E-state index contributed by atoms with van der Waals surface area (Å²) in [6.45, 7) is 4.81. The molecule has 1 saturated heterocycles. The Labute approximate surface area is 201 Å². The number of methoxy groups -OCH3 is 2. The van der Waals surface area contributed by atoms with Crippen molar-refractivity contribution in [2.75, 3.05) is 46.2 Å². The van der Waals surface area contributed by atoms with Gasteiger partial charge in [0.25, 0.3) is 0 Å². The second kappa shape index (κ2) is 12.4. The molecule has 0 aliphatic carbocycles. The Bertz CT molecular complexity index is 800. The van der Waals surface area contributed by atoms with Crippen LogP contribution >= 0.6 is 35.3 Å². The molecule has 0 amide bonds. The fourth-order valence-electron chi connectivity index (χ4n) is 3.93. The van der Waals surface area contributed by atoms with E-state index in [9.17, 15) is 0 Å². The van der Waals surface area contributed by atoms with Crippen molar-refractivity contribution < 1.29 is 9.47 Å². The number of likely N-dealkylation sites (tertiary alicyclic amines) is 1. The Morgan fingerprint density at radius 3 is 2.70 bits per heavy atom. The van der Waals surface area contributed by atoms with Crippen molar-refractivity contribution in [1.82, 2.24) is 10.2 Å². The van der Waals surface area contributed by atoms with Gasteiger partial charge in [-0.1, -0.05) is 6.07 Å². The van der Waals surface area contributed by atoms with Crippen LogP contribution in [0.1, 0.15) is 30.7 Å². The van der Waals surface area contributed by atoms with E-state index in [1.807, 2.05) is 29.5 Å². The summed E-state index contributed by atoms with van der Waals surface area (Å²) in [7, 11) is 5.51. The van der Waals surface area contributed by atoms with E-state index >= 15 is 0 Å². The van der Waals surface area contributed by atoms with E-state index in [1.165, 1.54) is 17.7 Å². The molecule has 1 aromatic carbocycles. The van der Waals surface area contributed by atoms with Gasteiger partial charge in [-0.25, -0.2) is 0 Å². The van der Waals surface area contributed by atoms with Gasteiger partial charge in [-0.3, -0.25) is 9.89 Å². The van der Waals surface area contributed by atoms with E-state index in [1.54, 1.807) is 14.2 Å². The third-order valence-electron chi connectivity index (χ3n) is 5.32. The first kappa shape index (κ1) is 24.7. The zero-order valence-corrected chi connectivity index (χ0v) is 21.3. The maximum absolute atomic E-state index is 5.41. The molecule has 1 fully saturated rings. The fourth-order valence-corrected chi connectivity index (χ4v) is 4.91. The van der Waals surface area contributed by atoms with E-state index in [0.717, 1.165) is 31.3 Å². The van der Waals surface area contributed by atoms with Crippen LogP contribution in [-0.4, -0.2) is 51.8 Å². The molecule has 2 atom stereocenters. The van der Waals surface area contributed by atoms with Crippen LogP contribution in [0.15, 0.2) is 40.7 Å². The van der Waals surface area contributed by atoms with Gasteiger partial charge in [0, 0.05) is 35.8 Å². The lowest BCUT2D eigenvalue weighted by Gasteiger charge is -2.38. The smallest absolute Gasteiger partial charge is 0.195 e. The highest BCUT2D eigenvalue weighted by Crippen LogP contribution is 2.37. The Morgan fingerprint density at radius 1 is 1.23 bits per heavy atom. The summed E-state index contributed by atoms with van der Waals surface area (Å²) in [6.07, 6.45) is 2.42. The van der Waals surface area contributed by atoms with Crippen molar-refractivity contribution in [3.8, 4) is 11.5 Å². The third-order valence-corrected chi connectivity index (χ3v) is 6.26. The van der Waals surface area contributed by atoms with Gasteiger partial charge in [-0.05, 0) is 62.9 Å². The first-order valence-corrected chi connectivity index (χ1v) is 11.0. The summed E-state index contributed by atoms with van der Waals surface area (Å²) in [5.74, 6) is 2.70. The molecule has 2 N–H and O–H groups in total. The van der Waals surface area contributed by atoms with Crippen molar-refractivity contribution >= 4 is 47.0 Å². The molecule has 1 aliphatic heterocycles. The summed E-state index contributed by atoms with van der Waals surface area (Å²) in [4.78, 5) is 8.84. The van der Waals surface area contributed by atoms with Crippen LogP contribution < -0.4 is 20.1 Å². The molecule has 1 aromatic heterocycles. The number of benzene rings is 1. The summed E-state index contributed by atoms with van der Waals surface area (Å²) >= 11 is 1.84. The highest BCUT2D eigenvalue weighted by Gasteiger charge is 2.31. The van der Waals surface area contributed by atoms with Crippen LogP contribution in [0.5, 0.6) is 11.5 Å². The topological polar surface area (TPSA) is 58.1 Å². The van der Waals surface area contributed by atoms with Crippen LogP contribution in [0.2, 0.25) is 0 Å². The van der Waals surface area contributed by atoms with Crippen molar-refractivity contribution in [3.63, 3.8) is 0 Å². The molecule has 1 aliphatic rings. The monoisotopic (exact) mass is 544 g/mol. The van der Waals surface area contributed by atoms with Gasteiger partial charge in [0.05, 0.1) is 14.2 Å². The molecule has 0 spiro atoms.